The zero-order chi connectivity index (χ0) is 12.5. The van der Waals surface area contributed by atoms with Crippen molar-refractivity contribution in [1.82, 2.24) is 4.98 Å². The number of thiophene rings is 2. The number of hydrogen-bond donors (Lipinski definition) is 0. The van der Waals surface area contributed by atoms with Crippen LogP contribution in [-0.4, -0.2) is 4.98 Å². The summed E-state index contributed by atoms with van der Waals surface area (Å²) in [7, 11) is 0. The maximum Gasteiger partial charge on any atom is 0.0808 e. The number of nitrogens with zero attached hydrogens (tertiary/aromatic N) is 1. The molecule has 3 aromatic rings. The molecule has 0 aliphatic heterocycles. The fourth-order valence-electron chi connectivity index (χ4n) is 1.74. The van der Waals surface area contributed by atoms with Crippen molar-refractivity contribution < 1.29 is 0 Å². The van der Waals surface area contributed by atoms with Crippen LogP contribution in [0.3, 0.4) is 0 Å². The molecular weight excluding hydrogens is 282 g/mol. The Bertz CT molecular complexity index is 651. The summed E-state index contributed by atoms with van der Waals surface area (Å²) < 4.78 is 0. The molecule has 0 aromatic carbocycles. The fourth-order valence-corrected chi connectivity index (χ4v) is 3.64. The third-order valence-corrected chi connectivity index (χ3v) is 5.17. The lowest BCUT2D eigenvalue weighted by molar-refractivity contribution is 1.34. The number of aryl methyl sites for hydroxylation is 1. The second kappa shape index (κ2) is 4.84. The second-order valence-corrected chi connectivity index (χ2v) is 6.53. The van der Waals surface area contributed by atoms with E-state index in [1.54, 1.807) is 22.7 Å². The van der Waals surface area contributed by atoms with Crippen LogP contribution < -0.4 is 0 Å². The molecule has 0 aliphatic rings. The summed E-state index contributed by atoms with van der Waals surface area (Å²) in [6.07, 6.45) is 1.85. The Labute approximate surface area is 119 Å². The van der Waals surface area contributed by atoms with Gasteiger partial charge < -0.3 is 0 Å². The molecule has 0 spiro atoms. The van der Waals surface area contributed by atoms with Gasteiger partial charge >= 0.3 is 0 Å². The van der Waals surface area contributed by atoms with Gasteiger partial charge in [0.2, 0.25) is 0 Å². The van der Waals surface area contributed by atoms with E-state index >= 15 is 0 Å². The third-order valence-electron chi connectivity index (χ3n) is 2.68. The van der Waals surface area contributed by atoms with Crippen LogP contribution in [0.2, 0.25) is 5.02 Å². The topological polar surface area (TPSA) is 12.9 Å². The lowest BCUT2D eigenvalue weighted by Gasteiger charge is -2.00. The van der Waals surface area contributed by atoms with Gasteiger partial charge in [-0.05, 0) is 42.1 Å². The molecule has 0 radical (unpaired) electrons. The van der Waals surface area contributed by atoms with E-state index in [2.05, 4.69) is 22.5 Å². The zero-order valence-electron chi connectivity index (χ0n) is 9.68. The minimum atomic E-state index is 0.837. The Morgan fingerprint density at radius 1 is 1.17 bits per heavy atom. The second-order valence-electron chi connectivity index (χ2n) is 3.92. The van der Waals surface area contributed by atoms with E-state index in [0.717, 1.165) is 15.6 Å². The minimum Gasteiger partial charge on any atom is -0.255 e. The van der Waals surface area contributed by atoms with Crippen molar-refractivity contribution in [3.8, 4) is 21.0 Å². The molecule has 18 heavy (non-hydrogen) atoms. The number of pyridine rings is 1. The summed E-state index contributed by atoms with van der Waals surface area (Å²) in [6, 6.07) is 10.3. The number of aromatic nitrogens is 1. The Balaban J connectivity index is 2.06. The first kappa shape index (κ1) is 11.9. The lowest BCUT2D eigenvalue weighted by atomic mass is 10.2. The highest BCUT2D eigenvalue weighted by atomic mass is 35.5. The molecule has 3 heterocycles. The lowest BCUT2D eigenvalue weighted by Crippen LogP contribution is -1.80. The normalized spacial score (nSPS) is 10.8. The Hall–Kier alpha value is -1.16. The first-order valence-electron chi connectivity index (χ1n) is 5.50. The van der Waals surface area contributed by atoms with Crippen molar-refractivity contribution in [1.29, 1.82) is 0 Å². The van der Waals surface area contributed by atoms with E-state index in [4.69, 9.17) is 11.6 Å². The van der Waals surface area contributed by atoms with Crippen LogP contribution in [0.4, 0.5) is 0 Å². The van der Waals surface area contributed by atoms with Crippen LogP contribution in [0.1, 0.15) is 4.88 Å². The Kier molecular flexibility index (Phi) is 3.20. The molecule has 4 heteroatoms. The van der Waals surface area contributed by atoms with Crippen LogP contribution in [0, 0.1) is 6.92 Å². The first-order valence-corrected chi connectivity index (χ1v) is 7.58. The highest BCUT2D eigenvalue weighted by Gasteiger charge is 2.07. The van der Waals surface area contributed by atoms with Gasteiger partial charge in [0.15, 0.2) is 0 Å². The number of rotatable bonds is 2. The van der Waals surface area contributed by atoms with Crippen molar-refractivity contribution in [3.63, 3.8) is 0 Å². The highest BCUT2D eigenvalue weighted by Crippen LogP contribution is 2.35. The molecule has 3 rings (SSSR count). The van der Waals surface area contributed by atoms with Crippen molar-refractivity contribution in [2.24, 2.45) is 0 Å². The van der Waals surface area contributed by atoms with Gasteiger partial charge in [0.05, 0.1) is 15.6 Å². The van der Waals surface area contributed by atoms with Crippen molar-refractivity contribution >= 4 is 34.3 Å². The fraction of sp³-hybridized carbons (Fsp3) is 0.0714. The summed E-state index contributed by atoms with van der Waals surface area (Å²) in [5, 5.41) is 2.90. The smallest absolute Gasteiger partial charge is 0.0808 e. The predicted molar refractivity (Wildman–Crippen MR) is 80.6 cm³/mol. The summed E-state index contributed by atoms with van der Waals surface area (Å²) in [5.74, 6) is 0. The van der Waals surface area contributed by atoms with E-state index in [0.29, 0.717) is 0 Å². The molecule has 0 N–H and O–H groups in total. The zero-order valence-corrected chi connectivity index (χ0v) is 12.1. The van der Waals surface area contributed by atoms with Crippen LogP contribution in [-0.2, 0) is 0 Å². The Morgan fingerprint density at radius 3 is 2.72 bits per heavy atom. The van der Waals surface area contributed by atoms with Crippen LogP contribution in [0.25, 0.3) is 21.0 Å². The van der Waals surface area contributed by atoms with Gasteiger partial charge in [0.25, 0.3) is 0 Å². The van der Waals surface area contributed by atoms with Crippen LogP contribution in [0.15, 0.2) is 41.9 Å². The van der Waals surface area contributed by atoms with Gasteiger partial charge in [0.1, 0.15) is 0 Å². The molecule has 0 fully saturated rings. The summed E-state index contributed by atoms with van der Waals surface area (Å²) in [5.41, 5.74) is 2.19. The molecule has 0 amide bonds. The van der Waals surface area contributed by atoms with Gasteiger partial charge in [-0.3, -0.25) is 4.98 Å². The van der Waals surface area contributed by atoms with Crippen molar-refractivity contribution in [2.45, 2.75) is 6.92 Å². The molecule has 0 saturated carbocycles. The highest BCUT2D eigenvalue weighted by molar-refractivity contribution is 7.16. The van der Waals surface area contributed by atoms with Gasteiger partial charge in [-0.1, -0.05) is 17.7 Å². The Morgan fingerprint density at radius 2 is 2.06 bits per heavy atom. The summed E-state index contributed by atoms with van der Waals surface area (Å²) in [4.78, 5) is 7.96. The standard InChI is InChI=1S/C14H10ClNS2/c1-9-11(15)8-14(18-9)10-4-5-16-12(7-10)13-3-2-6-17-13/h2-8H,1H3. The van der Waals surface area contributed by atoms with Gasteiger partial charge in [0, 0.05) is 16.0 Å². The first-order chi connectivity index (χ1) is 8.74. The van der Waals surface area contributed by atoms with E-state index in [1.807, 2.05) is 31.3 Å². The predicted octanol–water partition coefficient (Wildman–Crippen LogP) is 5.50. The SMILES string of the molecule is Cc1sc(-c2ccnc(-c3cccs3)c2)cc1Cl. The van der Waals surface area contributed by atoms with E-state index in [-0.39, 0.29) is 0 Å². The number of halogens is 1. The molecule has 90 valence electrons. The average Bonchev–Trinajstić information content (AvgIpc) is 3.01. The molecule has 0 unspecified atom stereocenters. The monoisotopic (exact) mass is 291 g/mol. The number of hydrogen-bond acceptors (Lipinski definition) is 3. The van der Waals surface area contributed by atoms with Crippen molar-refractivity contribution in [2.75, 3.05) is 0 Å². The van der Waals surface area contributed by atoms with E-state index in [1.165, 1.54) is 15.3 Å². The molecule has 0 aliphatic carbocycles. The molecule has 0 saturated heterocycles. The van der Waals surface area contributed by atoms with Gasteiger partial charge in [-0.15, -0.1) is 22.7 Å². The van der Waals surface area contributed by atoms with E-state index < -0.39 is 0 Å². The van der Waals surface area contributed by atoms with Crippen LogP contribution >= 0.6 is 34.3 Å². The molecule has 1 nitrogen and oxygen atoms in total. The molecule has 0 atom stereocenters. The molecular formula is C14H10ClNS2. The average molecular weight is 292 g/mol. The maximum atomic E-state index is 6.12. The largest absolute Gasteiger partial charge is 0.255 e. The summed E-state index contributed by atoms with van der Waals surface area (Å²) in [6.45, 7) is 2.04. The summed E-state index contributed by atoms with van der Waals surface area (Å²) >= 11 is 9.54. The van der Waals surface area contributed by atoms with Gasteiger partial charge in [-0.25, -0.2) is 0 Å². The van der Waals surface area contributed by atoms with Crippen LogP contribution in [0.5, 0.6) is 0 Å². The molecule has 3 aromatic heterocycles. The third kappa shape index (κ3) is 2.21. The minimum absolute atomic E-state index is 0.837. The van der Waals surface area contributed by atoms with Gasteiger partial charge in [-0.2, -0.15) is 0 Å². The van der Waals surface area contributed by atoms with Crippen molar-refractivity contribution in [3.05, 3.63) is 51.8 Å². The van der Waals surface area contributed by atoms with E-state index in [9.17, 15) is 0 Å². The maximum absolute atomic E-state index is 6.12. The molecule has 0 bridgehead atoms. The quantitative estimate of drug-likeness (QED) is 0.607.